The van der Waals surface area contributed by atoms with Crippen molar-refractivity contribution < 1.29 is 42.1 Å². The Hall–Kier alpha value is -1.51. The van der Waals surface area contributed by atoms with Crippen LogP contribution in [0.5, 0.6) is 0 Å². The van der Waals surface area contributed by atoms with E-state index in [2.05, 4.69) is 38.2 Å². The number of quaternary nitrogens is 1. The zero-order valence-corrected chi connectivity index (χ0v) is 41.6. The quantitative estimate of drug-likeness (QED) is 0.0212. The van der Waals surface area contributed by atoms with Crippen LogP contribution in [0.1, 0.15) is 239 Å². The standard InChI is InChI=1S/C51H98NO8P/c1-6-8-10-12-14-16-18-20-22-24-26-28-29-31-33-35-37-39-41-43-50(53)57-47-49(48-59-61(55,56)58-46-45-52(3,4)5)60-51(54)44-42-40-38-36-34-32-30-27-25-23-21-19-17-15-13-11-9-7-2/h17,19,23,25,49H,6-16,18,20-22,24,26-48H2,1-5H3/p+1/b19-17-,25-23-. The molecule has 0 spiro atoms. The monoisotopic (exact) mass is 885 g/mol. The molecule has 0 saturated carbocycles. The van der Waals surface area contributed by atoms with Gasteiger partial charge in [0, 0.05) is 12.8 Å². The van der Waals surface area contributed by atoms with Crippen molar-refractivity contribution in [1.82, 2.24) is 0 Å². The summed E-state index contributed by atoms with van der Waals surface area (Å²) < 4.78 is 34.5. The molecule has 360 valence electrons. The predicted octanol–water partition coefficient (Wildman–Crippen LogP) is 15.1. The summed E-state index contributed by atoms with van der Waals surface area (Å²) in [5.74, 6) is -0.795. The van der Waals surface area contributed by atoms with Gasteiger partial charge in [-0.05, 0) is 44.9 Å². The van der Waals surface area contributed by atoms with Crippen molar-refractivity contribution in [3.05, 3.63) is 24.3 Å². The first-order chi connectivity index (χ1) is 29.5. The molecule has 0 aromatic rings. The number of likely N-dealkylation sites (N-methyl/N-ethyl adjacent to an activating group) is 1. The van der Waals surface area contributed by atoms with Crippen molar-refractivity contribution >= 4 is 19.8 Å². The molecule has 0 saturated heterocycles. The van der Waals surface area contributed by atoms with Gasteiger partial charge in [0.25, 0.3) is 0 Å². The summed E-state index contributed by atoms with van der Waals surface area (Å²) in [7, 11) is 1.48. The number of phosphoric ester groups is 1. The largest absolute Gasteiger partial charge is 0.472 e. The predicted molar refractivity (Wildman–Crippen MR) is 257 cm³/mol. The van der Waals surface area contributed by atoms with Crippen LogP contribution in [0.3, 0.4) is 0 Å². The van der Waals surface area contributed by atoms with E-state index in [-0.39, 0.29) is 25.6 Å². The Kier molecular flexibility index (Phi) is 42.6. The highest BCUT2D eigenvalue weighted by Crippen LogP contribution is 2.43. The Morgan fingerprint density at radius 3 is 1.31 bits per heavy atom. The molecule has 0 rings (SSSR count). The Bertz CT molecular complexity index is 1090. The summed E-state index contributed by atoms with van der Waals surface area (Å²) in [6.07, 6.45) is 49.4. The van der Waals surface area contributed by atoms with Gasteiger partial charge in [-0.1, -0.05) is 205 Å². The van der Waals surface area contributed by atoms with Crippen LogP contribution in [0.25, 0.3) is 0 Å². The minimum Gasteiger partial charge on any atom is -0.462 e. The number of rotatable bonds is 47. The van der Waals surface area contributed by atoms with Crippen molar-refractivity contribution in [2.45, 2.75) is 245 Å². The van der Waals surface area contributed by atoms with E-state index in [4.69, 9.17) is 18.5 Å². The summed E-state index contributed by atoms with van der Waals surface area (Å²) in [4.78, 5) is 35.5. The lowest BCUT2D eigenvalue weighted by Gasteiger charge is -2.24. The first-order valence-electron chi connectivity index (χ1n) is 25.6. The van der Waals surface area contributed by atoms with Gasteiger partial charge in [0.15, 0.2) is 6.10 Å². The number of phosphoric acid groups is 1. The highest BCUT2D eigenvalue weighted by Gasteiger charge is 2.27. The zero-order valence-electron chi connectivity index (χ0n) is 40.7. The fourth-order valence-corrected chi connectivity index (χ4v) is 7.96. The van der Waals surface area contributed by atoms with E-state index < -0.39 is 26.5 Å². The molecule has 0 aliphatic carbocycles. The number of nitrogens with zero attached hydrogens (tertiary/aromatic N) is 1. The number of esters is 2. The lowest BCUT2D eigenvalue weighted by atomic mass is 10.0. The second kappa shape index (κ2) is 43.7. The van der Waals surface area contributed by atoms with Gasteiger partial charge in [-0.2, -0.15) is 0 Å². The van der Waals surface area contributed by atoms with Crippen LogP contribution in [0.4, 0.5) is 0 Å². The van der Waals surface area contributed by atoms with Gasteiger partial charge in [0.2, 0.25) is 0 Å². The number of carbonyl (C=O) groups excluding carboxylic acids is 2. The summed E-state index contributed by atoms with van der Waals surface area (Å²) in [6, 6.07) is 0. The van der Waals surface area contributed by atoms with Gasteiger partial charge in [0.05, 0.1) is 27.7 Å². The molecule has 0 aromatic heterocycles. The molecular formula is C51H99NO8P+. The molecule has 9 nitrogen and oxygen atoms in total. The Morgan fingerprint density at radius 2 is 0.885 bits per heavy atom. The molecule has 0 fully saturated rings. The summed E-state index contributed by atoms with van der Waals surface area (Å²) in [5.41, 5.74) is 0. The molecule has 0 aliphatic rings. The number of carbonyl (C=O) groups is 2. The first kappa shape index (κ1) is 59.5. The molecule has 0 radical (unpaired) electrons. The van der Waals surface area contributed by atoms with Crippen LogP contribution in [0, 0.1) is 0 Å². The molecule has 2 atom stereocenters. The van der Waals surface area contributed by atoms with Crippen molar-refractivity contribution in [3.63, 3.8) is 0 Å². The zero-order chi connectivity index (χ0) is 45.0. The summed E-state index contributed by atoms with van der Waals surface area (Å²) in [5, 5.41) is 0. The summed E-state index contributed by atoms with van der Waals surface area (Å²) in [6.45, 7) is 4.44. The lowest BCUT2D eigenvalue weighted by Crippen LogP contribution is -2.37. The first-order valence-corrected chi connectivity index (χ1v) is 27.1. The van der Waals surface area contributed by atoms with Gasteiger partial charge in [-0.15, -0.1) is 0 Å². The summed E-state index contributed by atoms with van der Waals surface area (Å²) >= 11 is 0. The molecule has 1 N–H and O–H groups in total. The average molecular weight is 885 g/mol. The molecule has 61 heavy (non-hydrogen) atoms. The van der Waals surface area contributed by atoms with Gasteiger partial charge in [-0.3, -0.25) is 18.6 Å². The number of unbranched alkanes of at least 4 members (excludes halogenated alkanes) is 29. The molecule has 10 heteroatoms. The maximum atomic E-state index is 12.7. The number of hydrogen-bond acceptors (Lipinski definition) is 7. The van der Waals surface area contributed by atoms with E-state index in [0.29, 0.717) is 23.9 Å². The van der Waals surface area contributed by atoms with Crippen LogP contribution in [0.2, 0.25) is 0 Å². The van der Waals surface area contributed by atoms with Gasteiger partial charge >= 0.3 is 19.8 Å². The number of ether oxygens (including phenoxy) is 2. The van der Waals surface area contributed by atoms with Gasteiger partial charge < -0.3 is 18.9 Å². The van der Waals surface area contributed by atoms with Crippen LogP contribution >= 0.6 is 7.82 Å². The van der Waals surface area contributed by atoms with Crippen molar-refractivity contribution in [3.8, 4) is 0 Å². The van der Waals surface area contributed by atoms with Crippen LogP contribution in [-0.4, -0.2) is 74.9 Å². The molecule has 0 amide bonds. The second-order valence-electron chi connectivity index (χ2n) is 18.6. The van der Waals surface area contributed by atoms with E-state index in [1.165, 1.54) is 154 Å². The fraction of sp³-hybridized carbons (Fsp3) is 0.882. The molecule has 0 aliphatic heterocycles. The van der Waals surface area contributed by atoms with Gasteiger partial charge in [-0.25, -0.2) is 4.57 Å². The Balaban J connectivity index is 4.24. The minimum atomic E-state index is -4.38. The average Bonchev–Trinajstić information content (AvgIpc) is 3.21. The third kappa shape index (κ3) is 47.8. The smallest absolute Gasteiger partial charge is 0.462 e. The molecule has 0 bridgehead atoms. The topological polar surface area (TPSA) is 108 Å². The third-order valence-corrected chi connectivity index (χ3v) is 12.2. The second-order valence-corrected chi connectivity index (χ2v) is 20.0. The highest BCUT2D eigenvalue weighted by molar-refractivity contribution is 7.47. The number of allylic oxidation sites excluding steroid dienone is 4. The van der Waals surface area contributed by atoms with Crippen LogP contribution in [0.15, 0.2) is 24.3 Å². The maximum absolute atomic E-state index is 12.7. The van der Waals surface area contributed by atoms with E-state index in [1.54, 1.807) is 0 Å². The van der Waals surface area contributed by atoms with Crippen LogP contribution < -0.4 is 0 Å². The van der Waals surface area contributed by atoms with E-state index >= 15 is 0 Å². The minimum absolute atomic E-state index is 0.0321. The Morgan fingerprint density at radius 1 is 0.508 bits per heavy atom. The van der Waals surface area contributed by atoms with Crippen LogP contribution in [-0.2, 0) is 32.7 Å². The number of hydrogen-bond donors (Lipinski definition) is 1. The van der Waals surface area contributed by atoms with E-state index in [0.717, 1.165) is 51.4 Å². The van der Waals surface area contributed by atoms with Crippen molar-refractivity contribution in [2.75, 3.05) is 47.5 Å². The fourth-order valence-electron chi connectivity index (χ4n) is 7.22. The lowest BCUT2D eigenvalue weighted by molar-refractivity contribution is -0.870. The molecule has 2 unspecified atom stereocenters. The van der Waals surface area contributed by atoms with E-state index in [1.807, 2.05) is 21.1 Å². The molecule has 0 heterocycles. The van der Waals surface area contributed by atoms with Gasteiger partial charge in [0.1, 0.15) is 19.8 Å². The maximum Gasteiger partial charge on any atom is 0.472 e. The third-order valence-electron chi connectivity index (χ3n) is 11.2. The molecule has 0 aromatic carbocycles. The normalized spacial score (nSPS) is 13.6. The van der Waals surface area contributed by atoms with E-state index in [9.17, 15) is 19.0 Å². The highest BCUT2D eigenvalue weighted by atomic mass is 31.2. The Labute approximate surface area is 377 Å². The molecular weight excluding hydrogens is 786 g/mol. The SMILES string of the molecule is CCCCCC/C=C\C/C=C\CCCCCCCCCC(=O)OC(COC(=O)CCCCCCCCCCCCCCCCCCCCC)COP(=O)(O)OCC[N+](C)(C)C. The van der Waals surface area contributed by atoms with Crippen molar-refractivity contribution in [2.24, 2.45) is 0 Å². The van der Waals surface area contributed by atoms with Crippen molar-refractivity contribution in [1.29, 1.82) is 0 Å².